The normalized spacial score (nSPS) is 16.4. The van der Waals surface area contributed by atoms with Crippen LogP contribution in [0.1, 0.15) is 45.7 Å². The first-order valence-electron chi connectivity index (χ1n) is 14.2. The zero-order valence-electron chi connectivity index (χ0n) is 22.6. The lowest BCUT2D eigenvalue weighted by Gasteiger charge is -2.27. The number of rotatable bonds is 3. The van der Waals surface area contributed by atoms with Crippen molar-refractivity contribution in [2.75, 3.05) is 0 Å². The van der Waals surface area contributed by atoms with Gasteiger partial charge in [-0.25, -0.2) is 0 Å². The number of nitrogens with zero attached hydrogens (tertiary/aromatic N) is 1. The van der Waals surface area contributed by atoms with E-state index in [9.17, 15) is 0 Å². The highest BCUT2D eigenvalue weighted by atomic mass is 16.3. The van der Waals surface area contributed by atoms with Crippen molar-refractivity contribution in [1.29, 1.82) is 0 Å². The summed E-state index contributed by atoms with van der Waals surface area (Å²) in [4.78, 5) is 2.57. The van der Waals surface area contributed by atoms with E-state index in [1.807, 2.05) is 0 Å². The monoisotopic (exact) mass is 523 g/mol. The van der Waals surface area contributed by atoms with Gasteiger partial charge < -0.3 is 9.52 Å². The Kier molecular flexibility index (Phi) is 6.59. The molecule has 0 radical (unpaired) electrons. The van der Waals surface area contributed by atoms with Crippen LogP contribution < -0.4 is 0 Å². The van der Waals surface area contributed by atoms with Gasteiger partial charge in [-0.15, -0.1) is 0 Å². The fourth-order valence-corrected chi connectivity index (χ4v) is 6.58. The van der Waals surface area contributed by atoms with Gasteiger partial charge in [0.05, 0.1) is 6.26 Å². The van der Waals surface area contributed by atoms with Gasteiger partial charge in [-0.3, -0.25) is 4.90 Å². The highest BCUT2D eigenvalue weighted by Crippen LogP contribution is 2.39. The summed E-state index contributed by atoms with van der Waals surface area (Å²) in [5.74, 6) is 0.785. The maximum atomic E-state index is 8.38. The minimum absolute atomic E-state index is 0.176. The van der Waals surface area contributed by atoms with Crippen molar-refractivity contribution in [1.82, 2.24) is 4.90 Å². The molecular formula is C37H33NO2. The number of hydrogen-bond acceptors (Lipinski definition) is 3. The number of benzene rings is 5. The zero-order chi connectivity index (χ0) is 26.9. The Morgan fingerprint density at radius 3 is 2.35 bits per heavy atom. The number of fused-ring (bicyclic) bond motifs is 6. The van der Waals surface area contributed by atoms with Gasteiger partial charge in [0.15, 0.2) is 5.75 Å². The van der Waals surface area contributed by atoms with E-state index in [-0.39, 0.29) is 5.75 Å². The Bertz CT molecular complexity index is 1770. The van der Waals surface area contributed by atoms with E-state index in [1.54, 1.807) is 11.1 Å². The summed E-state index contributed by atoms with van der Waals surface area (Å²) in [6.07, 6.45) is 6.26. The molecule has 1 atom stereocenters. The van der Waals surface area contributed by atoms with Crippen LogP contribution in [0.2, 0.25) is 0 Å². The lowest BCUT2D eigenvalue weighted by molar-refractivity contribution is 0.275. The van der Waals surface area contributed by atoms with Crippen molar-refractivity contribution in [2.24, 2.45) is 0 Å². The van der Waals surface area contributed by atoms with Crippen molar-refractivity contribution in [3.05, 3.63) is 149 Å². The second kappa shape index (κ2) is 10.7. The van der Waals surface area contributed by atoms with Crippen LogP contribution in [0.4, 0.5) is 0 Å². The lowest BCUT2D eigenvalue weighted by atomic mass is 9.77. The Morgan fingerprint density at radius 1 is 0.725 bits per heavy atom. The number of furan rings is 1. The molecule has 5 aromatic carbocycles. The third kappa shape index (κ3) is 4.89. The van der Waals surface area contributed by atoms with Gasteiger partial charge in [-0.1, -0.05) is 97.1 Å². The van der Waals surface area contributed by atoms with Crippen LogP contribution >= 0.6 is 0 Å². The third-order valence-corrected chi connectivity index (χ3v) is 8.59. The average Bonchev–Trinajstić information content (AvgIpc) is 3.65. The third-order valence-electron chi connectivity index (χ3n) is 8.59. The zero-order valence-corrected chi connectivity index (χ0v) is 22.6. The minimum Gasteiger partial charge on any atom is -0.505 e. The smallest absolute Gasteiger partial charge is 0.153 e. The van der Waals surface area contributed by atoms with Crippen molar-refractivity contribution in [2.45, 2.75) is 44.8 Å². The molecule has 0 spiro atoms. The molecule has 198 valence electrons. The van der Waals surface area contributed by atoms with Crippen molar-refractivity contribution in [3.8, 4) is 5.75 Å². The molecule has 3 heteroatoms. The Labute approximate surface area is 235 Å². The molecule has 1 aliphatic carbocycles. The van der Waals surface area contributed by atoms with Gasteiger partial charge in [-0.05, 0) is 80.1 Å². The second-order valence-corrected chi connectivity index (χ2v) is 11.2. The van der Waals surface area contributed by atoms with E-state index in [0.717, 1.165) is 26.1 Å². The summed E-state index contributed by atoms with van der Waals surface area (Å²) in [5.41, 5.74) is 9.10. The molecule has 8 rings (SSSR count). The maximum Gasteiger partial charge on any atom is 0.153 e. The van der Waals surface area contributed by atoms with E-state index in [0.29, 0.717) is 5.92 Å². The molecule has 40 heavy (non-hydrogen) atoms. The molecule has 0 bridgehead atoms. The minimum atomic E-state index is 0.176. The van der Waals surface area contributed by atoms with Crippen LogP contribution in [0.15, 0.2) is 120 Å². The van der Waals surface area contributed by atoms with Gasteiger partial charge in [-0.2, -0.15) is 0 Å². The van der Waals surface area contributed by atoms with E-state index in [1.165, 1.54) is 75.2 Å². The second-order valence-electron chi connectivity index (χ2n) is 11.2. The maximum absolute atomic E-state index is 8.38. The van der Waals surface area contributed by atoms with Gasteiger partial charge in [0, 0.05) is 25.7 Å². The van der Waals surface area contributed by atoms with Crippen LogP contribution in [0, 0.1) is 0 Å². The Hall–Kier alpha value is -4.34. The predicted octanol–water partition coefficient (Wildman–Crippen LogP) is 8.77. The predicted molar refractivity (Wildman–Crippen MR) is 162 cm³/mol. The summed E-state index contributed by atoms with van der Waals surface area (Å²) in [7, 11) is 0. The molecule has 1 N–H and O–H groups in total. The van der Waals surface area contributed by atoms with Crippen molar-refractivity contribution >= 4 is 21.5 Å². The molecule has 1 aliphatic heterocycles. The quantitative estimate of drug-likeness (QED) is 0.236. The first-order chi connectivity index (χ1) is 19.7. The Balaban J connectivity index is 0.000000393. The van der Waals surface area contributed by atoms with E-state index in [4.69, 9.17) is 5.11 Å². The molecule has 2 aliphatic rings. The highest BCUT2D eigenvalue weighted by Gasteiger charge is 2.25. The fourth-order valence-electron chi connectivity index (χ4n) is 6.58. The van der Waals surface area contributed by atoms with Crippen LogP contribution in [-0.4, -0.2) is 10.0 Å². The van der Waals surface area contributed by atoms with Crippen LogP contribution in [0.25, 0.3) is 21.5 Å². The Morgan fingerprint density at radius 2 is 1.52 bits per heavy atom. The summed E-state index contributed by atoms with van der Waals surface area (Å²) < 4.78 is 4.46. The van der Waals surface area contributed by atoms with E-state index < -0.39 is 0 Å². The molecule has 0 amide bonds. The first kappa shape index (κ1) is 24.7. The molecule has 6 aromatic rings. The summed E-state index contributed by atoms with van der Waals surface area (Å²) in [5, 5.41) is 13.9. The molecular weight excluding hydrogens is 490 g/mol. The van der Waals surface area contributed by atoms with Crippen molar-refractivity contribution < 1.29 is 9.52 Å². The van der Waals surface area contributed by atoms with Gasteiger partial charge >= 0.3 is 0 Å². The molecule has 1 aromatic heterocycles. The van der Waals surface area contributed by atoms with Gasteiger partial charge in [0.1, 0.15) is 6.26 Å². The lowest BCUT2D eigenvalue weighted by Crippen LogP contribution is -2.15. The van der Waals surface area contributed by atoms with Crippen molar-refractivity contribution in [3.63, 3.8) is 0 Å². The molecule has 0 saturated heterocycles. The van der Waals surface area contributed by atoms with Crippen LogP contribution in [-0.2, 0) is 32.5 Å². The summed E-state index contributed by atoms with van der Waals surface area (Å²) in [6.45, 7) is 3.16. The van der Waals surface area contributed by atoms with Crippen LogP contribution in [0.3, 0.4) is 0 Å². The summed E-state index contributed by atoms with van der Waals surface area (Å²) in [6, 6.07) is 37.9. The fraction of sp³-hybridized carbons (Fsp3) is 0.189. The molecule has 0 fully saturated rings. The molecule has 1 unspecified atom stereocenters. The number of hydrogen-bond donors (Lipinski definition) is 1. The van der Waals surface area contributed by atoms with E-state index in [2.05, 4.69) is 106 Å². The number of aryl methyl sites for hydroxylation is 1. The average molecular weight is 524 g/mol. The molecule has 3 nitrogen and oxygen atoms in total. The largest absolute Gasteiger partial charge is 0.505 e. The standard InChI is InChI=1S/C33H29N.C4H4O2/c1-2-6-23(7-3-1)20-34-21-28-13-12-26(18-29(28)22-34)27-11-10-25-15-16-31-30-9-5-4-8-24(30)14-17-32(31)33(25)19-27;5-4-1-2-6-3-4/h1-9,12-18,27H,10-11,19-22H2;1-3,5H. The first-order valence-corrected chi connectivity index (χ1v) is 14.2. The summed E-state index contributed by atoms with van der Waals surface area (Å²) >= 11 is 0. The molecule has 2 heterocycles. The number of aromatic hydroxyl groups is 1. The van der Waals surface area contributed by atoms with Gasteiger partial charge in [0.25, 0.3) is 0 Å². The molecule has 0 saturated carbocycles. The van der Waals surface area contributed by atoms with Crippen LogP contribution in [0.5, 0.6) is 5.75 Å². The SMILES string of the molecule is Oc1ccoc1.c1ccc(CN2Cc3ccc(C4CCc5ccc6c(ccc7ccccc76)c5C4)cc3C2)cc1. The topological polar surface area (TPSA) is 36.6 Å². The van der Waals surface area contributed by atoms with Gasteiger partial charge in [0.2, 0.25) is 0 Å². The van der Waals surface area contributed by atoms with E-state index >= 15 is 0 Å². The highest BCUT2D eigenvalue weighted by molar-refractivity contribution is 6.08.